The number of aromatic nitrogens is 2. The summed E-state index contributed by atoms with van der Waals surface area (Å²) in [6, 6.07) is 1.74. The summed E-state index contributed by atoms with van der Waals surface area (Å²) in [6.07, 6.45) is 9.93. The minimum Gasteiger partial charge on any atom is -0.481 e. The Morgan fingerprint density at radius 2 is 1.75 bits per heavy atom. The molecule has 3 atom stereocenters. The lowest BCUT2D eigenvalue weighted by Crippen LogP contribution is -2.37. The molecule has 0 aromatic carbocycles. The molecule has 0 radical (unpaired) electrons. The molecule has 1 aliphatic heterocycles. The number of allylic oxidation sites excluding steroid dienone is 2. The summed E-state index contributed by atoms with van der Waals surface area (Å²) in [5.74, 6) is 5.05. The van der Waals surface area contributed by atoms with E-state index in [0.29, 0.717) is 17.7 Å². The smallest absolute Gasteiger partial charge is 0.220 e. The number of piperidine rings is 1. The summed E-state index contributed by atoms with van der Waals surface area (Å²) in [5.41, 5.74) is 0. The molecule has 3 unspecified atom stereocenters. The van der Waals surface area contributed by atoms with Crippen LogP contribution >= 0.6 is 0 Å². The highest BCUT2D eigenvalue weighted by Gasteiger charge is 2.37. The van der Waals surface area contributed by atoms with Crippen LogP contribution in [0.3, 0.4) is 0 Å². The lowest BCUT2D eigenvalue weighted by Gasteiger charge is -2.34. The first kappa shape index (κ1) is 15.9. The van der Waals surface area contributed by atoms with Crippen molar-refractivity contribution in [2.75, 3.05) is 33.9 Å². The Morgan fingerprint density at radius 1 is 1.04 bits per heavy atom. The van der Waals surface area contributed by atoms with Crippen molar-refractivity contribution in [3.63, 3.8) is 0 Å². The third-order valence-electron chi connectivity index (χ3n) is 5.98. The molecular weight excluding hydrogens is 302 g/mol. The molecule has 1 saturated heterocycles. The topological polar surface area (TPSA) is 47.5 Å². The molecule has 1 saturated carbocycles. The van der Waals surface area contributed by atoms with Crippen molar-refractivity contribution in [3.05, 3.63) is 24.0 Å². The fourth-order valence-corrected chi connectivity index (χ4v) is 4.62. The van der Waals surface area contributed by atoms with Crippen molar-refractivity contribution < 1.29 is 9.47 Å². The molecule has 1 aromatic rings. The van der Waals surface area contributed by atoms with Crippen molar-refractivity contribution in [2.45, 2.75) is 31.6 Å². The van der Waals surface area contributed by atoms with Gasteiger partial charge < -0.3 is 14.4 Å². The number of hydrogen-bond acceptors (Lipinski definition) is 5. The fourth-order valence-electron chi connectivity index (χ4n) is 4.62. The van der Waals surface area contributed by atoms with E-state index >= 15 is 0 Å². The van der Waals surface area contributed by atoms with Crippen LogP contribution in [0, 0.1) is 17.8 Å². The van der Waals surface area contributed by atoms with Gasteiger partial charge in [0.15, 0.2) is 0 Å². The molecule has 4 rings (SSSR count). The Bertz CT molecular complexity index is 588. The second-order valence-electron chi connectivity index (χ2n) is 7.43. The third-order valence-corrected chi connectivity index (χ3v) is 5.98. The molecule has 0 spiro atoms. The molecule has 2 bridgehead atoms. The van der Waals surface area contributed by atoms with E-state index in [1.165, 1.54) is 19.4 Å². The first-order valence-corrected chi connectivity index (χ1v) is 9.12. The van der Waals surface area contributed by atoms with Crippen LogP contribution in [0.15, 0.2) is 18.2 Å². The molecule has 2 aliphatic carbocycles. The maximum Gasteiger partial charge on any atom is 0.220 e. The van der Waals surface area contributed by atoms with Crippen molar-refractivity contribution in [1.82, 2.24) is 14.9 Å². The summed E-state index contributed by atoms with van der Waals surface area (Å²) in [4.78, 5) is 11.7. The van der Waals surface area contributed by atoms with Crippen LogP contribution in [-0.2, 0) is 0 Å². The van der Waals surface area contributed by atoms with E-state index in [-0.39, 0.29) is 0 Å². The number of rotatable bonds is 5. The molecule has 130 valence electrons. The second kappa shape index (κ2) is 6.71. The number of hydrogen-bond donors (Lipinski definition) is 0. The van der Waals surface area contributed by atoms with Gasteiger partial charge in [-0.15, -0.1) is 0 Å². The molecule has 0 N–H and O–H groups in total. The van der Waals surface area contributed by atoms with Gasteiger partial charge in [-0.1, -0.05) is 12.2 Å². The normalized spacial score (nSPS) is 30.0. The van der Waals surface area contributed by atoms with E-state index in [9.17, 15) is 0 Å². The number of methoxy groups -OCH3 is 2. The van der Waals surface area contributed by atoms with Gasteiger partial charge in [-0.3, -0.25) is 0 Å². The molecule has 2 fully saturated rings. The van der Waals surface area contributed by atoms with Crippen molar-refractivity contribution in [3.8, 4) is 11.8 Å². The highest BCUT2D eigenvalue weighted by Crippen LogP contribution is 2.44. The van der Waals surface area contributed by atoms with Crippen molar-refractivity contribution in [1.29, 1.82) is 0 Å². The summed E-state index contributed by atoms with van der Waals surface area (Å²) in [5, 5.41) is 0. The number of nitrogens with zero attached hydrogens (tertiary/aromatic N) is 3. The Balaban J connectivity index is 1.35. The predicted molar refractivity (Wildman–Crippen MR) is 92.4 cm³/mol. The van der Waals surface area contributed by atoms with Crippen LogP contribution in [0.1, 0.15) is 37.4 Å². The highest BCUT2D eigenvalue weighted by atomic mass is 16.5. The molecular formula is C19H27N3O2. The first-order valence-electron chi connectivity index (χ1n) is 9.12. The average Bonchev–Trinajstić information content (AvgIpc) is 3.25. The van der Waals surface area contributed by atoms with Crippen molar-refractivity contribution in [2.24, 2.45) is 17.8 Å². The van der Waals surface area contributed by atoms with Gasteiger partial charge in [0, 0.05) is 12.5 Å². The Labute approximate surface area is 144 Å². The van der Waals surface area contributed by atoms with Crippen LogP contribution in [0.25, 0.3) is 0 Å². The average molecular weight is 329 g/mol. The van der Waals surface area contributed by atoms with Crippen molar-refractivity contribution >= 4 is 0 Å². The zero-order chi connectivity index (χ0) is 16.5. The van der Waals surface area contributed by atoms with Crippen LogP contribution in [0.4, 0.5) is 0 Å². The first-order chi connectivity index (χ1) is 11.7. The maximum absolute atomic E-state index is 5.28. The standard InChI is InChI=1S/C19H27N3O2/c1-23-17-11-18(24-2)21-19(20-17)14-5-7-22(8-6-14)12-16-10-13-3-4-15(16)9-13/h3-4,11,13-16H,5-10,12H2,1-2H3. The van der Waals surface area contributed by atoms with Gasteiger partial charge >= 0.3 is 0 Å². The fraction of sp³-hybridized carbons (Fsp3) is 0.684. The molecule has 5 nitrogen and oxygen atoms in total. The van der Waals surface area contributed by atoms with E-state index in [4.69, 9.17) is 9.47 Å². The SMILES string of the molecule is COc1cc(OC)nc(C2CCN(CC3CC4C=CC3C4)CC2)n1. The highest BCUT2D eigenvalue weighted by molar-refractivity contribution is 5.22. The Morgan fingerprint density at radius 3 is 2.29 bits per heavy atom. The number of ether oxygens (including phenoxy) is 2. The maximum atomic E-state index is 5.28. The van der Waals surface area contributed by atoms with E-state index < -0.39 is 0 Å². The number of likely N-dealkylation sites (tertiary alicyclic amines) is 1. The van der Waals surface area contributed by atoms with Crippen LogP contribution < -0.4 is 9.47 Å². The molecule has 2 heterocycles. The summed E-state index contributed by atoms with van der Waals surface area (Å²) in [7, 11) is 3.27. The lowest BCUT2D eigenvalue weighted by molar-refractivity contribution is 0.169. The van der Waals surface area contributed by atoms with E-state index in [2.05, 4.69) is 27.0 Å². The third kappa shape index (κ3) is 3.14. The summed E-state index contributed by atoms with van der Waals surface area (Å²) >= 11 is 0. The van der Waals surface area contributed by atoms with Gasteiger partial charge in [0.2, 0.25) is 11.8 Å². The van der Waals surface area contributed by atoms with Gasteiger partial charge in [0.25, 0.3) is 0 Å². The van der Waals surface area contributed by atoms with Crippen LogP contribution in [-0.4, -0.2) is 48.7 Å². The lowest BCUT2D eigenvalue weighted by atomic mass is 9.90. The molecule has 24 heavy (non-hydrogen) atoms. The Hall–Kier alpha value is -1.62. The largest absolute Gasteiger partial charge is 0.481 e. The van der Waals surface area contributed by atoms with Gasteiger partial charge in [-0.05, 0) is 56.5 Å². The zero-order valence-electron chi connectivity index (χ0n) is 14.6. The minimum absolute atomic E-state index is 0.408. The monoisotopic (exact) mass is 329 g/mol. The van der Waals surface area contributed by atoms with Crippen LogP contribution in [0.2, 0.25) is 0 Å². The summed E-state index contributed by atoms with van der Waals surface area (Å²) < 4.78 is 10.6. The second-order valence-corrected chi connectivity index (χ2v) is 7.43. The summed E-state index contributed by atoms with van der Waals surface area (Å²) in [6.45, 7) is 3.55. The van der Waals surface area contributed by atoms with Crippen LogP contribution in [0.5, 0.6) is 11.8 Å². The molecule has 5 heteroatoms. The van der Waals surface area contributed by atoms with Gasteiger partial charge in [0.1, 0.15) is 5.82 Å². The molecule has 3 aliphatic rings. The molecule has 0 amide bonds. The quantitative estimate of drug-likeness (QED) is 0.778. The minimum atomic E-state index is 0.408. The van der Waals surface area contributed by atoms with Gasteiger partial charge in [-0.2, -0.15) is 9.97 Å². The van der Waals surface area contributed by atoms with E-state index in [1.54, 1.807) is 20.3 Å². The zero-order valence-corrected chi connectivity index (χ0v) is 14.6. The Kier molecular flexibility index (Phi) is 4.44. The molecule has 1 aromatic heterocycles. The van der Waals surface area contributed by atoms with Gasteiger partial charge in [0.05, 0.1) is 20.3 Å². The van der Waals surface area contributed by atoms with E-state index in [0.717, 1.165) is 49.5 Å². The van der Waals surface area contributed by atoms with Gasteiger partial charge in [-0.25, -0.2) is 0 Å². The number of fused-ring (bicyclic) bond motifs is 2. The van der Waals surface area contributed by atoms with E-state index in [1.807, 2.05) is 0 Å². The predicted octanol–water partition coefficient (Wildman–Crippen LogP) is 2.89.